The molecular weight excluding hydrogens is 324 g/mol. The van der Waals surface area contributed by atoms with Crippen LogP contribution in [-0.2, 0) is 14.3 Å². The maximum atomic E-state index is 12.0. The van der Waals surface area contributed by atoms with Crippen LogP contribution in [0.2, 0.25) is 0 Å². The van der Waals surface area contributed by atoms with Gasteiger partial charge in [0.2, 0.25) is 0 Å². The molecule has 0 spiro atoms. The van der Waals surface area contributed by atoms with Crippen molar-refractivity contribution in [1.82, 2.24) is 5.32 Å². The number of esters is 1. The zero-order valence-electron chi connectivity index (χ0n) is 15.3. The molecule has 2 N–H and O–H groups in total. The first-order valence-electron chi connectivity index (χ1n) is 8.10. The van der Waals surface area contributed by atoms with E-state index < -0.39 is 17.7 Å². The molecular formula is C18H26N2O5. The van der Waals surface area contributed by atoms with Gasteiger partial charge in [0.05, 0.1) is 5.56 Å². The Morgan fingerprint density at radius 3 is 2.44 bits per heavy atom. The number of amides is 2. The topological polar surface area (TPSA) is 93.7 Å². The Kier molecular flexibility index (Phi) is 7.42. The quantitative estimate of drug-likeness (QED) is 0.769. The lowest BCUT2D eigenvalue weighted by molar-refractivity contribution is -0.124. The second-order valence-electron chi connectivity index (χ2n) is 6.98. The van der Waals surface area contributed by atoms with Crippen LogP contribution in [0.3, 0.4) is 0 Å². The molecule has 0 heterocycles. The molecule has 1 aromatic carbocycles. The lowest BCUT2D eigenvalue weighted by Gasteiger charge is -2.19. The molecule has 0 saturated heterocycles. The fourth-order valence-electron chi connectivity index (χ4n) is 1.73. The van der Waals surface area contributed by atoms with Gasteiger partial charge < -0.3 is 14.8 Å². The van der Waals surface area contributed by atoms with Crippen LogP contribution in [0.5, 0.6) is 0 Å². The van der Waals surface area contributed by atoms with E-state index in [9.17, 15) is 14.4 Å². The molecule has 2 amide bonds. The van der Waals surface area contributed by atoms with Crippen LogP contribution in [-0.4, -0.2) is 36.7 Å². The maximum Gasteiger partial charge on any atom is 0.412 e. The molecule has 138 valence electrons. The number of benzene rings is 1. The van der Waals surface area contributed by atoms with Crippen LogP contribution < -0.4 is 10.6 Å². The molecule has 0 aliphatic rings. The Hall–Kier alpha value is -2.57. The zero-order chi connectivity index (χ0) is 19.0. The van der Waals surface area contributed by atoms with E-state index in [1.807, 2.05) is 13.8 Å². The number of anilines is 1. The van der Waals surface area contributed by atoms with Crippen LogP contribution in [0.4, 0.5) is 10.5 Å². The first-order valence-corrected chi connectivity index (χ1v) is 8.10. The fraction of sp³-hybridized carbons (Fsp3) is 0.500. The van der Waals surface area contributed by atoms with Crippen molar-refractivity contribution in [1.29, 1.82) is 0 Å². The standard InChI is InChI=1S/C18H26N2O5/c1-12(2)10-19-15(21)11-24-16(22)13-7-6-8-14(9-13)20-17(23)25-18(3,4)5/h6-9,12H,10-11H2,1-5H3,(H,19,21)(H,20,23). The van der Waals surface area contributed by atoms with Crippen molar-refractivity contribution in [2.75, 3.05) is 18.5 Å². The van der Waals surface area contributed by atoms with Crippen molar-refractivity contribution in [3.63, 3.8) is 0 Å². The van der Waals surface area contributed by atoms with Gasteiger partial charge in [-0.2, -0.15) is 0 Å². The van der Waals surface area contributed by atoms with Crippen molar-refractivity contribution in [3.05, 3.63) is 29.8 Å². The van der Waals surface area contributed by atoms with Crippen molar-refractivity contribution in [2.24, 2.45) is 5.92 Å². The van der Waals surface area contributed by atoms with Crippen molar-refractivity contribution >= 4 is 23.7 Å². The highest BCUT2D eigenvalue weighted by molar-refractivity contribution is 5.93. The highest BCUT2D eigenvalue weighted by atomic mass is 16.6. The Labute approximate surface area is 148 Å². The Morgan fingerprint density at radius 2 is 1.84 bits per heavy atom. The fourth-order valence-corrected chi connectivity index (χ4v) is 1.73. The number of hydrogen-bond donors (Lipinski definition) is 2. The normalized spacial score (nSPS) is 11.0. The smallest absolute Gasteiger partial charge is 0.412 e. The molecule has 1 rings (SSSR count). The number of nitrogens with one attached hydrogen (secondary N) is 2. The number of carbonyl (C=O) groups excluding carboxylic acids is 3. The molecule has 0 aliphatic carbocycles. The van der Waals surface area contributed by atoms with Crippen LogP contribution in [0.15, 0.2) is 24.3 Å². The summed E-state index contributed by atoms with van der Waals surface area (Å²) in [6.07, 6.45) is -0.619. The molecule has 7 nitrogen and oxygen atoms in total. The summed E-state index contributed by atoms with van der Waals surface area (Å²) >= 11 is 0. The van der Waals surface area contributed by atoms with Crippen LogP contribution in [0, 0.1) is 5.92 Å². The second-order valence-corrected chi connectivity index (χ2v) is 6.98. The van der Waals surface area contributed by atoms with Gasteiger partial charge in [0.15, 0.2) is 6.61 Å². The Bertz CT molecular complexity index is 620. The van der Waals surface area contributed by atoms with Gasteiger partial charge in [-0.25, -0.2) is 9.59 Å². The van der Waals surface area contributed by atoms with E-state index in [4.69, 9.17) is 9.47 Å². The summed E-state index contributed by atoms with van der Waals surface area (Å²) in [5.41, 5.74) is 0.00225. The minimum absolute atomic E-state index is 0.227. The molecule has 7 heteroatoms. The van der Waals surface area contributed by atoms with E-state index in [2.05, 4.69) is 10.6 Å². The number of hydrogen-bond acceptors (Lipinski definition) is 5. The van der Waals surface area contributed by atoms with Crippen molar-refractivity contribution in [3.8, 4) is 0 Å². The molecule has 1 aromatic rings. The van der Waals surface area contributed by atoms with Gasteiger partial charge in [-0.3, -0.25) is 10.1 Å². The third kappa shape index (κ3) is 8.74. The molecule has 0 atom stereocenters. The van der Waals surface area contributed by atoms with Crippen LogP contribution in [0.1, 0.15) is 45.0 Å². The van der Waals surface area contributed by atoms with Gasteiger partial charge in [-0.1, -0.05) is 19.9 Å². The van der Waals surface area contributed by atoms with Crippen molar-refractivity contribution in [2.45, 2.75) is 40.2 Å². The predicted octanol–water partition coefficient (Wildman–Crippen LogP) is 2.96. The molecule has 0 unspecified atom stereocenters. The summed E-state index contributed by atoms with van der Waals surface area (Å²) in [7, 11) is 0. The summed E-state index contributed by atoms with van der Waals surface area (Å²) in [6, 6.07) is 6.21. The number of carbonyl (C=O) groups is 3. The van der Waals surface area contributed by atoms with Gasteiger partial charge >= 0.3 is 12.1 Å². The van der Waals surface area contributed by atoms with Crippen LogP contribution in [0.25, 0.3) is 0 Å². The number of ether oxygens (including phenoxy) is 2. The van der Waals surface area contributed by atoms with E-state index in [0.717, 1.165) is 0 Å². The monoisotopic (exact) mass is 350 g/mol. The average Bonchev–Trinajstić information content (AvgIpc) is 2.48. The summed E-state index contributed by atoms with van der Waals surface area (Å²) < 4.78 is 10.1. The first-order chi connectivity index (χ1) is 11.6. The SMILES string of the molecule is CC(C)CNC(=O)COC(=O)c1cccc(NC(=O)OC(C)(C)C)c1. The third-order valence-electron chi connectivity index (χ3n) is 2.79. The van der Waals surface area contributed by atoms with Gasteiger partial charge in [0, 0.05) is 12.2 Å². The number of rotatable bonds is 6. The Balaban J connectivity index is 2.57. The maximum absolute atomic E-state index is 12.0. The van der Waals surface area contributed by atoms with E-state index in [1.54, 1.807) is 32.9 Å². The molecule has 0 aromatic heterocycles. The largest absolute Gasteiger partial charge is 0.452 e. The van der Waals surface area contributed by atoms with E-state index in [0.29, 0.717) is 18.2 Å². The summed E-state index contributed by atoms with van der Waals surface area (Å²) in [6.45, 7) is 9.37. The zero-order valence-corrected chi connectivity index (χ0v) is 15.3. The van der Waals surface area contributed by atoms with Crippen LogP contribution >= 0.6 is 0 Å². The van der Waals surface area contributed by atoms with Gasteiger partial charge in [0.25, 0.3) is 5.91 Å². The molecule has 0 aliphatic heterocycles. The molecule has 0 radical (unpaired) electrons. The average molecular weight is 350 g/mol. The molecule has 0 saturated carbocycles. The van der Waals surface area contributed by atoms with E-state index >= 15 is 0 Å². The summed E-state index contributed by atoms with van der Waals surface area (Å²) in [5.74, 6) is -0.687. The predicted molar refractivity (Wildman–Crippen MR) is 94.4 cm³/mol. The Morgan fingerprint density at radius 1 is 1.16 bits per heavy atom. The lowest BCUT2D eigenvalue weighted by Crippen LogP contribution is -2.31. The third-order valence-corrected chi connectivity index (χ3v) is 2.79. The minimum atomic E-state index is -0.646. The van der Waals surface area contributed by atoms with Gasteiger partial charge in [0.1, 0.15) is 5.60 Å². The first kappa shape index (κ1) is 20.5. The van der Waals surface area contributed by atoms with E-state index in [1.165, 1.54) is 12.1 Å². The molecule has 0 bridgehead atoms. The highest BCUT2D eigenvalue weighted by Crippen LogP contribution is 2.14. The van der Waals surface area contributed by atoms with Gasteiger partial charge in [-0.05, 0) is 44.9 Å². The highest BCUT2D eigenvalue weighted by Gasteiger charge is 2.17. The lowest BCUT2D eigenvalue weighted by atomic mass is 10.2. The van der Waals surface area contributed by atoms with Crippen molar-refractivity contribution < 1.29 is 23.9 Å². The summed E-state index contributed by atoms with van der Waals surface area (Å²) in [4.78, 5) is 35.3. The van der Waals surface area contributed by atoms with Gasteiger partial charge in [-0.15, -0.1) is 0 Å². The molecule has 0 fully saturated rings. The van der Waals surface area contributed by atoms with E-state index in [-0.39, 0.29) is 18.1 Å². The second kappa shape index (κ2) is 9.05. The summed E-state index contributed by atoms with van der Waals surface area (Å²) in [5, 5.41) is 5.20. The minimum Gasteiger partial charge on any atom is -0.452 e. The molecule has 25 heavy (non-hydrogen) atoms.